The molecule has 1 aromatic heterocycles. The molecule has 3 heteroatoms. The van der Waals surface area contributed by atoms with Crippen molar-refractivity contribution in [1.82, 2.24) is 9.88 Å². The molecule has 0 unspecified atom stereocenters. The van der Waals surface area contributed by atoms with Crippen LogP contribution in [0.4, 0.5) is 0 Å². The third-order valence-corrected chi connectivity index (χ3v) is 3.45. The van der Waals surface area contributed by atoms with E-state index < -0.39 is 0 Å². The van der Waals surface area contributed by atoms with E-state index in [2.05, 4.69) is 43.1 Å². The number of benzene rings is 1. The number of carbonyl (C=O) groups is 1. The van der Waals surface area contributed by atoms with Crippen molar-refractivity contribution in [3.05, 3.63) is 72.1 Å². The maximum atomic E-state index is 12.6. The fourth-order valence-corrected chi connectivity index (χ4v) is 2.39. The molecule has 2 aromatic rings. The summed E-state index contributed by atoms with van der Waals surface area (Å²) in [6, 6.07) is 13.9. The van der Waals surface area contributed by atoms with Gasteiger partial charge in [-0.15, -0.1) is 0 Å². The Morgan fingerprint density at radius 1 is 1.17 bits per heavy atom. The third kappa shape index (κ3) is 6.07. The summed E-state index contributed by atoms with van der Waals surface area (Å²) in [5, 5.41) is 0. The summed E-state index contributed by atoms with van der Waals surface area (Å²) in [6.45, 7) is 5.65. The van der Waals surface area contributed by atoms with Crippen LogP contribution in [0.2, 0.25) is 0 Å². The Morgan fingerprint density at radius 3 is 2.61 bits per heavy atom. The molecule has 0 saturated carbocycles. The Kier molecular flexibility index (Phi) is 6.55. The molecule has 0 aliphatic rings. The van der Waals surface area contributed by atoms with Gasteiger partial charge in [0.15, 0.2) is 0 Å². The molecular weight excluding hydrogens is 284 g/mol. The summed E-state index contributed by atoms with van der Waals surface area (Å²) in [5.74, 6) is 0.586. The van der Waals surface area contributed by atoms with E-state index in [1.165, 1.54) is 0 Å². The fourth-order valence-electron chi connectivity index (χ4n) is 2.39. The van der Waals surface area contributed by atoms with Gasteiger partial charge in [-0.1, -0.05) is 62.4 Å². The second kappa shape index (κ2) is 8.89. The van der Waals surface area contributed by atoms with E-state index in [0.717, 1.165) is 17.7 Å². The molecule has 0 aliphatic heterocycles. The van der Waals surface area contributed by atoms with Crippen molar-refractivity contribution in [1.29, 1.82) is 0 Å². The average molecular weight is 308 g/mol. The van der Waals surface area contributed by atoms with E-state index in [4.69, 9.17) is 0 Å². The monoisotopic (exact) mass is 308 g/mol. The van der Waals surface area contributed by atoms with Crippen LogP contribution < -0.4 is 0 Å². The van der Waals surface area contributed by atoms with Crippen molar-refractivity contribution < 1.29 is 4.79 Å². The van der Waals surface area contributed by atoms with Gasteiger partial charge in [-0.05, 0) is 23.1 Å². The number of rotatable bonds is 7. The van der Waals surface area contributed by atoms with E-state index in [0.29, 0.717) is 18.9 Å². The number of pyridine rings is 1. The second-order valence-electron chi connectivity index (χ2n) is 6.04. The van der Waals surface area contributed by atoms with Gasteiger partial charge in [0.05, 0.1) is 6.42 Å². The molecule has 0 atom stereocenters. The average Bonchev–Trinajstić information content (AvgIpc) is 2.55. The molecule has 2 rings (SSSR count). The van der Waals surface area contributed by atoms with Crippen LogP contribution in [0, 0.1) is 5.92 Å². The number of hydrogen-bond acceptors (Lipinski definition) is 2. The highest BCUT2D eigenvalue weighted by Crippen LogP contribution is 2.07. The molecule has 1 aromatic carbocycles. The van der Waals surface area contributed by atoms with Gasteiger partial charge < -0.3 is 4.90 Å². The Morgan fingerprint density at radius 2 is 1.96 bits per heavy atom. The van der Waals surface area contributed by atoms with Gasteiger partial charge in [-0.25, -0.2) is 0 Å². The molecular formula is C20H24N2O. The highest BCUT2D eigenvalue weighted by Gasteiger charge is 2.14. The van der Waals surface area contributed by atoms with Gasteiger partial charge in [0.1, 0.15) is 0 Å². The molecule has 1 amide bonds. The molecule has 0 bridgehead atoms. The van der Waals surface area contributed by atoms with Crippen molar-refractivity contribution in [3.63, 3.8) is 0 Å². The van der Waals surface area contributed by atoms with Crippen molar-refractivity contribution >= 4 is 12.0 Å². The second-order valence-corrected chi connectivity index (χ2v) is 6.04. The largest absolute Gasteiger partial charge is 0.338 e. The number of aromatic nitrogens is 1. The van der Waals surface area contributed by atoms with E-state index in [1.54, 1.807) is 12.4 Å². The summed E-state index contributed by atoms with van der Waals surface area (Å²) in [7, 11) is 0. The lowest BCUT2D eigenvalue weighted by Gasteiger charge is -2.23. The van der Waals surface area contributed by atoms with Gasteiger partial charge in [0.25, 0.3) is 0 Å². The predicted octanol–water partition coefficient (Wildman–Crippen LogP) is 3.82. The first kappa shape index (κ1) is 16.9. The highest BCUT2D eigenvalue weighted by atomic mass is 16.2. The van der Waals surface area contributed by atoms with Crippen molar-refractivity contribution in [2.24, 2.45) is 5.92 Å². The Balaban J connectivity index is 1.98. The summed E-state index contributed by atoms with van der Waals surface area (Å²) < 4.78 is 0. The van der Waals surface area contributed by atoms with Crippen LogP contribution in [0.5, 0.6) is 0 Å². The smallest absolute Gasteiger partial charge is 0.227 e. The molecule has 0 aliphatic carbocycles. The molecule has 0 fully saturated rings. The normalized spacial score (nSPS) is 11.1. The fraction of sp³-hybridized carbons (Fsp3) is 0.300. The topological polar surface area (TPSA) is 33.2 Å². The Hall–Kier alpha value is -2.42. The zero-order valence-electron chi connectivity index (χ0n) is 13.9. The van der Waals surface area contributed by atoms with E-state index in [-0.39, 0.29) is 5.91 Å². The number of hydrogen-bond donors (Lipinski definition) is 0. The number of amides is 1. The van der Waals surface area contributed by atoms with E-state index in [9.17, 15) is 4.79 Å². The zero-order valence-corrected chi connectivity index (χ0v) is 13.9. The van der Waals surface area contributed by atoms with Gasteiger partial charge in [-0.2, -0.15) is 0 Å². The first-order valence-corrected chi connectivity index (χ1v) is 8.03. The van der Waals surface area contributed by atoms with Gasteiger partial charge >= 0.3 is 0 Å². The van der Waals surface area contributed by atoms with Crippen LogP contribution in [0.25, 0.3) is 6.08 Å². The van der Waals surface area contributed by atoms with Crippen molar-refractivity contribution in [2.45, 2.75) is 20.3 Å². The van der Waals surface area contributed by atoms with E-state index >= 15 is 0 Å². The maximum absolute atomic E-state index is 12.6. The lowest BCUT2D eigenvalue weighted by atomic mass is 10.1. The summed E-state index contributed by atoms with van der Waals surface area (Å²) in [6.07, 6.45) is 8.00. The number of nitrogens with zero attached hydrogens (tertiary/aromatic N) is 2. The van der Waals surface area contributed by atoms with Crippen LogP contribution >= 0.6 is 0 Å². The van der Waals surface area contributed by atoms with Gasteiger partial charge in [-0.3, -0.25) is 9.78 Å². The minimum absolute atomic E-state index is 0.143. The predicted molar refractivity (Wildman–Crippen MR) is 94.8 cm³/mol. The molecule has 0 saturated heterocycles. The Labute approximate surface area is 138 Å². The molecule has 0 spiro atoms. The Bertz CT molecular complexity index is 621. The van der Waals surface area contributed by atoms with Crippen molar-refractivity contribution in [3.8, 4) is 0 Å². The lowest BCUT2D eigenvalue weighted by Crippen LogP contribution is -2.35. The SMILES string of the molecule is CC(C)CN(C/C=C/c1ccccc1)C(=O)Cc1cccnc1. The highest BCUT2D eigenvalue weighted by molar-refractivity contribution is 5.79. The quantitative estimate of drug-likeness (QED) is 0.779. The summed E-state index contributed by atoms with van der Waals surface area (Å²) in [5.41, 5.74) is 2.11. The summed E-state index contributed by atoms with van der Waals surface area (Å²) >= 11 is 0. The van der Waals surface area contributed by atoms with Crippen molar-refractivity contribution in [2.75, 3.05) is 13.1 Å². The minimum atomic E-state index is 0.143. The molecule has 23 heavy (non-hydrogen) atoms. The molecule has 0 radical (unpaired) electrons. The van der Waals surface area contributed by atoms with Gasteiger partial charge in [0, 0.05) is 25.5 Å². The molecule has 1 heterocycles. The minimum Gasteiger partial charge on any atom is -0.338 e. The molecule has 120 valence electrons. The van der Waals surface area contributed by atoms with E-state index in [1.807, 2.05) is 35.2 Å². The number of carbonyl (C=O) groups excluding carboxylic acids is 1. The third-order valence-electron chi connectivity index (χ3n) is 3.45. The van der Waals surface area contributed by atoms with Crippen LogP contribution in [-0.2, 0) is 11.2 Å². The van der Waals surface area contributed by atoms with Crippen LogP contribution in [0.1, 0.15) is 25.0 Å². The first-order chi connectivity index (χ1) is 11.1. The lowest BCUT2D eigenvalue weighted by molar-refractivity contribution is -0.130. The van der Waals surface area contributed by atoms with Crippen LogP contribution in [-0.4, -0.2) is 28.9 Å². The zero-order chi connectivity index (χ0) is 16.5. The molecule has 0 N–H and O–H groups in total. The summed E-state index contributed by atoms with van der Waals surface area (Å²) in [4.78, 5) is 18.5. The maximum Gasteiger partial charge on any atom is 0.227 e. The first-order valence-electron chi connectivity index (χ1n) is 8.03. The van der Waals surface area contributed by atoms with Crippen LogP contribution in [0.3, 0.4) is 0 Å². The van der Waals surface area contributed by atoms with Gasteiger partial charge in [0.2, 0.25) is 5.91 Å². The molecule has 3 nitrogen and oxygen atoms in total. The standard InChI is InChI=1S/C20H24N2O/c1-17(2)16-22(13-7-11-18-8-4-3-5-9-18)20(23)14-19-10-6-12-21-15-19/h3-12,15,17H,13-14,16H2,1-2H3/b11-7+. The van der Waals surface area contributed by atoms with Crippen LogP contribution in [0.15, 0.2) is 60.9 Å².